The van der Waals surface area contributed by atoms with Crippen LogP contribution in [0, 0.1) is 0 Å². The Hall–Kier alpha value is -3.35. The largest absolute Gasteiger partial charge is 0.482 e. The molecule has 7 heteroatoms. The van der Waals surface area contributed by atoms with Crippen molar-refractivity contribution in [2.24, 2.45) is 0 Å². The van der Waals surface area contributed by atoms with Crippen LogP contribution in [0.1, 0.15) is 42.6 Å². The number of anilines is 1. The monoisotopic (exact) mass is 398 g/mol. The van der Waals surface area contributed by atoms with Crippen molar-refractivity contribution >= 4 is 23.5 Å². The fourth-order valence-corrected chi connectivity index (χ4v) is 2.48. The molecule has 29 heavy (non-hydrogen) atoms. The molecule has 2 amide bonds. The van der Waals surface area contributed by atoms with Crippen molar-refractivity contribution < 1.29 is 23.9 Å². The van der Waals surface area contributed by atoms with E-state index in [4.69, 9.17) is 9.47 Å². The van der Waals surface area contributed by atoms with Gasteiger partial charge in [0.2, 0.25) is 0 Å². The molecule has 0 saturated carbocycles. The van der Waals surface area contributed by atoms with Crippen LogP contribution in [0.3, 0.4) is 0 Å². The highest BCUT2D eigenvalue weighted by atomic mass is 16.6. The fourth-order valence-electron chi connectivity index (χ4n) is 2.48. The van der Waals surface area contributed by atoms with E-state index in [1.807, 2.05) is 19.1 Å². The van der Waals surface area contributed by atoms with Gasteiger partial charge in [-0.1, -0.05) is 32.0 Å². The Balaban J connectivity index is 1.76. The van der Waals surface area contributed by atoms with Crippen LogP contribution in [-0.2, 0) is 14.3 Å². The molecule has 0 aliphatic rings. The Morgan fingerprint density at radius 3 is 2.38 bits per heavy atom. The first kappa shape index (κ1) is 21.9. The van der Waals surface area contributed by atoms with Crippen molar-refractivity contribution in [2.75, 3.05) is 25.1 Å². The highest BCUT2D eigenvalue weighted by molar-refractivity contribution is 5.97. The number of rotatable bonds is 9. The van der Waals surface area contributed by atoms with E-state index >= 15 is 0 Å². The second-order valence-electron chi connectivity index (χ2n) is 6.66. The van der Waals surface area contributed by atoms with E-state index in [1.165, 1.54) is 5.56 Å². The Kier molecular flexibility index (Phi) is 8.21. The van der Waals surface area contributed by atoms with Crippen LogP contribution < -0.4 is 15.4 Å². The minimum atomic E-state index is -0.649. The molecule has 0 spiro atoms. The van der Waals surface area contributed by atoms with Crippen LogP contribution in [0.2, 0.25) is 0 Å². The van der Waals surface area contributed by atoms with Gasteiger partial charge < -0.3 is 20.1 Å². The van der Waals surface area contributed by atoms with E-state index in [0.29, 0.717) is 29.5 Å². The van der Waals surface area contributed by atoms with Crippen molar-refractivity contribution in [3.05, 3.63) is 59.7 Å². The Morgan fingerprint density at radius 1 is 1.00 bits per heavy atom. The first-order valence-corrected chi connectivity index (χ1v) is 9.45. The summed E-state index contributed by atoms with van der Waals surface area (Å²) in [7, 11) is 0. The summed E-state index contributed by atoms with van der Waals surface area (Å²) in [6, 6.07) is 14.0. The first-order valence-electron chi connectivity index (χ1n) is 9.45. The van der Waals surface area contributed by atoms with Crippen LogP contribution in [0.4, 0.5) is 5.69 Å². The Labute approximate surface area is 170 Å². The molecule has 0 atom stereocenters. The highest BCUT2D eigenvalue weighted by Gasteiger charge is 2.11. The van der Waals surface area contributed by atoms with Crippen LogP contribution in [-0.4, -0.2) is 37.5 Å². The molecule has 0 bridgehead atoms. The van der Waals surface area contributed by atoms with E-state index < -0.39 is 18.5 Å². The summed E-state index contributed by atoms with van der Waals surface area (Å²) in [6.45, 7) is 5.78. The van der Waals surface area contributed by atoms with Crippen molar-refractivity contribution in [2.45, 2.75) is 26.7 Å². The zero-order valence-electron chi connectivity index (χ0n) is 16.9. The summed E-state index contributed by atoms with van der Waals surface area (Å²) in [6.07, 6.45) is 0. The zero-order chi connectivity index (χ0) is 21.2. The molecule has 0 aromatic heterocycles. The lowest BCUT2D eigenvalue weighted by Crippen LogP contribution is -2.24. The van der Waals surface area contributed by atoms with Gasteiger partial charge in [-0.05, 0) is 48.7 Å². The van der Waals surface area contributed by atoms with Crippen molar-refractivity contribution in [3.63, 3.8) is 0 Å². The number of ether oxygens (including phenoxy) is 2. The summed E-state index contributed by atoms with van der Waals surface area (Å²) < 4.78 is 10.3. The van der Waals surface area contributed by atoms with Crippen molar-refractivity contribution in [1.29, 1.82) is 0 Å². The molecule has 0 aliphatic carbocycles. The number of nitrogens with one attached hydrogen (secondary N) is 2. The maximum Gasteiger partial charge on any atom is 0.344 e. The standard InChI is InChI=1S/C22H26N2O5/c1-4-23-22(27)17-6-5-7-18(12-17)24-20(25)13-29-21(26)14-28-19-10-8-16(9-11-19)15(2)3/h5-12,15H,4,13-14H2,1-3H3,(H,23,27)(H,24,25). The zero-order valence-corrected chi connectivity index (χ0v) is 16.9. The van der Waals surface area contributed by atoms with E-state index in [2.05, 4.69) is 24.5 Å². The lowest BCUT2D eigenvalue weighted by Gasteiger charge is -2.10. The van der Waals surface area contributed by atoms with Gasteiger partial charge in [-0.2, -0.15) is 0 Å². The number of esters is 1. The average molecular weight is 398 g/mol. The molecule has 2 N–H and O–H groups in total. The SMILES string of the molecule is CCNC(=O)c1cccc(NC(=O)COC(=O)COc2ccc(C(C)C)cc2)c1. The Morgan fingerprint density at radius 2 is 1.72 bits per heavy atom. The summed E-state index contributed by atoms with van der Waals surface area (Å²) in [5.41, 5.74) is 2.04. The van der Waals surface area contributed by atoms with E-state index in [1.54, 1.807) is 36.4 Å². The molecule has 2 rings (SSSR count). The number of carbonyl (C=O) groups excluding carboxylic acids is 3. The normalized spacial score (nSPS) is 10.3. The fraction of sp³-hybridized carbons (Fsp3) is 0.318. The summed E-state index contributed by atoms with van der Waals surface area (Å²) >= 11 is 0. The van der Waals surface area contributed by atoms with Gasteiger partial charge in [-0.25, -0.2) is 4.79 Å². The smallest absolute Gasteiger partial charge is 0.344 e. The number of hydrogen-bond acceptors (Lipinski definition) is 5. The molecular weight excluding hydrogens is 372 g/mol. The number of amides is 2. The maximum atomic E-state index is 12.0. The minimum absolute atomic E-state index is 0.228. The molecule has 0 unspecified atom stereocenters. The predicted molar refractivity (Wildman–Crippen MR) is 110 cm³/mol. The lowest BCUT2D eigenvalue weighted by molar-refractivity contribution is -0.149. The van der Waals surface area contributed by atoms with Gasteiger partial charge >= 0.3 is 5.97 Å². The van der Waals surface area contributed by atoms with Gasteiger partial charge in [0.15, 0.2) is 13.2 Å². The van der Waals surface area contributed by atoms with Gasteiger partial charge in [-0.15, -0.1) is 0 Å². The Bertz CT molecular complexity index is 847. The van der Waals surface area contributed by atoms with E-state index in [9.17, 15) is 14.4 Å². The third-order valence-electron chi connectivity index (χ3n) is 4.01. The predicted octanol–water partition coefficient (Wildman–Crippen LogP) is 3.12. The second-order valence-corrected chi connectivity index (χ2v) is 6.66. The molecule has 0 aliphatic heterocycles. The molecule has 0 heterocycles. The molecule has 7 nitrogen and oxygen atoms in total. The van der Waals surface area contributed by atoms with Gasteiger partial charge in [0.25, 0.3) is 11.8 Å². The minimum Gasteiger partial charge on any atom is -0.482 e. The third-order valence-corrected chi connectivity index (χ3v) is 4.01. The molecule has 0 radical (unpaired) electrons. The number of hydrogen-bond donors (Lipinski definition) is 2. The molecular formula is C22H26N2O5. The third kappa shape index (κ3) is 7.29. The topological polar surface area (TPSA) is 93.7 Å². The molecule has 0 saturated heterocycles. The lowest BCUT2D eigenvalue weighted by atomic mass is 10.0. The number of benzene rings is 2. The maximum absolute atomic E-state index is 12.0. The van der Waals surface area contributed by atoms with Crippen LogP contribution in [0.5, 0.6) is 5.75 Å². The molecule has 0 fully saturated rings. The van der Waals surface area contributed by atoms with Gasteiger partial charge in [0.1, 0.15) is 5.75 Å². The van der Waals surface area contributed by atoms with Gasteiger partial charge in [0, 0.05) is 17.8 Å². The number of carbonyl (C=O) groups is 3. The summed E-state index contributed by atoms with van der Waals surface area (Å²) in [5, 5.41) is 5.27. The van der Waals surface area contributed by atoms with E-state index in [-0.39, 0.29) is 12.5 Å². The highest BCUT2D eigenvalue weighted by Crippen LogP contribution is 2.18. The molecule has 2 aromatic carbocycles. The van der Waals surface area contributed by atoms with Crippen LogP contribution >= 0.6 is 0 Å². The van der Waals surface area contributed by atoms with Crippen LogP contribution in [0.25, 0.3) is 0 Å². The van der Waals surface area contributed by atoms with Gasteiger partial charge in [0.05, 0.1) is 0 Å². The van der Waals surface area contributed by atoms with Crippen molar-refractivity contribution in [1.82, 2.24) is 5.32 Å². The average Bonchev–Trinajstić information content (AvgIpc) is 2.71. The molecule has 2 aromatic rings. The van der Waals surface area contributed by atoms with Gasteiger partial charge in [-0.3, -0.25) is 9.59 Å². The second kappa shape index (κ2) is 10.8. The quantitative estimate of drug-likeness (QED) is 0.633. The molecule has 154 valence electrons. The van der Waals surface area contributed by atoms with Crippen molar-refractivity contribution in [3.8, 4) is 5.75 Å². The summed E-state index contributed by atoms with van der Waals surface area (Å²) in [4.78, 5) is 35.6. The van der Waals surface area contributed by atoms with Crippen LogP contribution in [0.15, 0.2) is 48.5 Å². The first-order chi connectivity index (χ1) is 13.9. The van der Waals surface area contributed by atoms with E-state index in [0.717, 1.165) is 0 Å². The summed E-state index contributed by atoms with van der Waals surface area (Å²) in [5.74, 6) is -0.419.